The molecular weight excluding hydrogens is 478 g/mol. The number of amides is 1. The van der Waals surface area contributed by atoms with Crippen molar-refractivity contribution in [1.82, 2.24) is 9.88 Å². The van der Waals surface area contributed by atoms with Gasteiger partial charge in [-0.1, -0.05) is 65.4 Å². The summed E-state index contributed by atoms with van der Waals surface area (Å²) in [7, 11) is -3.08. The van der Waals surface area contributed by atoms with Crippen molar-refractivity contribution >= 4 is 22.6 Å². The van der Waals surface area contributed by atoms with Gasteiger partial charge in [-0.2, -0.15) is 0 Å². The second kappa shape index (κ2) is 8.69. The SMILES string of the molecule is CC(C)(C)N(C(=O)O)C1(c2ccc(-c3nc4c(cc3-c3ccccc3)NS(O)(O)CO4)cc2)CCC1. The summed E-state index contributed by atoms with van der Waals surface area (Å²) in [6, 6.07) is 19.5. The maximum Gasteiger partial charge on any atom is 0.408 e. The average molecular weight is 510 g/mol. The van der Waals surface area contributed by atoms with Crippen LogP contribution in [-0.4, -0.2) is 41.7 Å². The number of carbonyl (C=O) groups is 1. The molecule has 0 atom stereocenters. The summed E-state index contributed by atoms with van der Waals surface area (Å²) in [6.07, 6.45) is 1.64. The first kappa shape index (κ1) is 24.4. The van der Waals surface area contributed by atoms with Crippen LogP contribution in [0.5, 0.6) is 5.88 Å². The zero-order chi connectivity index (χ0) is 25.7. The normalized spacial score (nSPS) is 18.6. The third kappa shape index (κ3) is 4.27. The van der Waals surface area contributed by atoms with Gasteiger partial charge in [-0.15, -0.1) is 0 Å². The zero-order valence-corrected chi connectivity index (χ0v) is 21.4. The number of fused-ring (bicyclic) bond motifs is 1. The minimum atomic E-state index is -3.08. The van der Waals surface area contributed by atoms with Crippen molar-refractivity contribution in [3.8, 4) is 28.3 Å². The quantitative estimate of drug-likeness (QED) is 0.299. The van der Waals surface area contributed by atoms with Crippen LogP contribution in [0.4, 0.5) is 10.5 Å². The lowest BCUT2D eigenvalue weighted by Crippen LogP contribution is -2.60. The standard InChI is InChI=1S/C27H31N3O5S/c1-26(2,3)30(25(31)32)27(14-7-15-27)20-12-10-19(11-13-20)23-21(18-8-5-4-6-9-18)16-22-24(28-23)35-17-36(33,34)29-22/h4-6,8-13,16,29,33-34H,7,14-15,17H2,1-3H3,(H,31,32). The summed E-state index contributed by atoms with van der Waals surface area (Å²) in [4.78, 5) is 18.6. The van der Waals surface area contributed by atoms with E-state index in [4.69, 9.17) is 9.72 Å². The van der Waals surface area contributed by atoms with Gasteiger partial charge in [0.05, 0.1) is 11.2 Å². The Morgan fingerprint density at radius 1 is 1.06 bits per heavy atom. The van der Waals surface area contributed by atoms with Gasteiger partial charge in [-0.25, -0.2) is 9.78 Å². The van der Waals surface area contributed by atoms with Gasteiger partial charge in [0, 0.05) is 16.7 Å². The number of nitrogens with one attached hydrogen (secondary N) is 1. The second-order valence-electron chi connectivity index (χ2n) is 10.4. The summed E-state index contributed by atoms with van der Waals surface area (Å²) in [5.41, 5.74) is 3.61. The van der Waals surface area contributed by atoms with Crippen LogP contribution >= 0.6 is 10.8 Å². The number of hydrogen-bond donors (Lipinski definition) is 4. The molecule has 36 heavy (non-hydrogen) atoms. The molecule has 9 heteroatoms. The number of anilines is 1. The molecule has 0 unspecified atom stereocenters. The Morgan fingerprint density at radius 2 is 1.72 bits per heavy atom. The fraction of sp³-hybridized carbons (Fsp3) is 0.333. The molecule has 1 fully saturated rings. The summed E-state index contributed by atoms with van der Waals surface area (Å²) in [5.74, 6) is 0.0383. The summed E-state index contributed by atoms with van der Waals surface area (Å²) < 4.78 is 28.5. The van der Waals surface area contributed by atoms with Gasteiger partial charge in [-0.05, 0) is 57.2 Å². The van der Waals surface area contributed by atoms with Gasteiger partial charge in [0.1, 0.15) is 5.69 Å². The Morgan fingerprint density at radius 3 is 2.28 bits per heavy atom. The third-order valence-corrected chi connectivity index (χ3v) is 7.87. The number of carboxylic acid groups (broad SMARTS) is 1. The first-order valence-corrected chi connectivity index (χ1v) is 13.6. The number of benzene rings is 2. The minimum Gasteiger partial charge on any atom is -0.465 e. The van der Waals surface area contributed by atoms with E-state index >= 15 is 0 Å². The molecule has 0 saturated heterocycles. The highest BCUT2D eigenvalue weighted by Gasteiger charge is 2.50. The molecule has 4 N–H and O–H groups in total. The van der Waals surface area contributed by atoms with Gasteiger partial charge in [0.15, 0.2) is 5.94 Å². The van der Waals surface area contributed by atoms with Gasteiger partial charge >= 0.3 is 6.09 Å². The van der Waals surface area contributed by atoms with Crippen molar-refractivity contribution in [2.75, 3.05) is 10.7 Å². The van der Waals surface area contributed by atoms with Crippen LogP contribution in [0, 0.1) is 0 Å². The molecule has 0 bridgehead atoms. The zero-order valence-electron chi connectivity index (χ0n) is 20.6. The molecule has 0 radical (unpaired) electrons. The predicted octanol–water partition coefficient (Wildman–Crippen LogP) is 7.00. The van der Waals surface area contributed by atoms with Crippen LogP contribution in [0.25, 0.3) is 22.4 Å². The fourth-order valence-electron chi connectivity index (χ4n) is 5.28. The van der Waals surface area contributed by atoms with Crippen LogP contribution in [0.15, 0.2) is 60.7 Å². The van der Waals surface area contributed by atoms with Gasteiger partial charge in [0.2, 0.25) is 5.88 Å². The highest BCUT2D eigenvalue weighted by molar-refractivity contribution is 8.25. The molecule has 3 aromatic rings. The van der Waals surface area contributed by atoms with E-state index < -0.39 is 27.9 Å². The molecule has 190 valence electrons. The Labute approximate surface area is 212 Å². The van der Waals surface area contributed by atoms with Gasteiger partial charge < -0.3 is 9.84 Å². The highest BCUT2D eigenvalue weighted by Crippen LogP contribution is 2.51. The summed E-state index contributed by atoms with van der Waals surface area (Å²) in [6.45, 7) is 5.80. The lowest BCUT2D eigenvalue weighted by Gasteiger charge is -2.54. The Balaban J connectivity index is 1.59. The molecule has 1 aliphatic carbocycles. The monoisotopic (exact) mass is 509 g/mol. The lowest BCUT2D eigenvalue weighted by molar-refractivity contribution is -0.0328. The van der Waals surface area contributed by atoms with Crippen molar-refractivity contribution < 1.29 is 23.7 Å². The number of aromatic nitrogens is 1. The maximum atomic E-state index is 12.3. The predicted molar refractivity (Wildman–Crippen MR) is 142 cm³/mol. The molecule has 5 rings (SSSR count). The van der Waals surface area contributed by atoms with Crippen LogP contribution < -0.4 is 9.46 Å². The molecule has 2 aromatic carbocycles. The third-order valence-electron chi connectivity index (χ3n) is 6.87. The van der Waals surface area contributed by atoms with Gasteiger partial charge in [-0.3, -0.25) is 18.7 Å². The smallest absolute Gasteiger partial charge is 0.408 e. The number of hydrogen-bond acceptors (Lipinski definition) is 6. The van der Waals surface area contributed by atoms with E-state index in [9.17, 15) is 19.0 Å². The molecule has 1 amide bonds. The molecule has 1 aliphatic heterocycles. The van der Waals surface area contributed by atoms with Crippen LogP contribution in [-0.2, 0) is 5.54 Å². The van der Waals surface area contributed by atoms with Crippen LogP contribution in [0.3, 0.4) is 0 Å². The Kier molecular flexibility index (Phi) is 5.89. The van der Waals surface area contributed by atoms with Crippen molar-refractivity contribution in [1.29, 1.82) is 0 Å². The van der Waals surface area contributed by atoms with E-state index in [0.29, 0.717) is 17.3 Å². The van der Waals surface area contributed by atoms with E-state index in [2.05, 4.69) is 4.72 Å². The van der Waals surface area contributed by atoms with Crippen molar-refractivity contribution in [2.24, 2.45) is 0 Å². The number of nitrogens with zero attached hydrogens (tertiary/aromatic N) is 2. The number of rotatable bonds is 4. The second-order valence-corrected chi connectivity index (χ2v) is 12.2. The largest absolute Gasteiger partial charge is 0.465 e. The highest BCUT2D eigenvalue weighted by atomic mass is 32.3. The van der Waals surface area contributed by atoms with Crippen LogP contribution in [0.1, 0.15) is 45.6 Å². The molecule has 0 spiro atoms. The number of pyridine rings is 1. The van der Waals surface area contributed by atoms with E-state index in [-0.39, 0.29) is 5.94 Å². The summed E-state index contributed by atoms with van der Waals surface area (Å²) >= 11 is 0. The molecule has 8 nitrogen and oxygen atoms in total. The Hall–Kier alpha value is -3.27. The van der Waals surface area contributed by atoms with E-state index in [1.165, 1.54) is 0 Å². The lowest BCUT2D eigenvalue weighted by atomic mass is 9.69. The Bertz CT molecular complexity index is 1290. The first-order valence-electron chi connectivity index (χ1n) is 11.9. The molecule has 1 saturated carbocycles. The van der Waals surface area contributed by atoms with Crippen molar-refractivity contribution in [2.45, 2.75) is 51.1 Å². The average Bonchev–Trinajstić information content (AvgIpc) is 2.79. The maximum absolute atomic E-state index is 12.3. The minimum absolute atomic E-state index is 0.267. The van der Waals surface area contributed by atoms with Crippen LogP contribution in [0.2, 0.25) is 0 Å². The summed E-state index contributed by atoms with van der Waals surface area (Å²) in [5, 5.41) is 10.1. The first-order chi connectivity index (χ1) is 17.0. The topological polar surface area (TPSA) is 115 Å². The molecule has 1 aromatic heterocycles. The van der Waals surface area contributed by atoms with E-state index in [0.717, 1.165) is 41.5 Å². The van der Waals surface area contributed by atoms with Gasteiger partial charge in [0.25, 0.3) is 0 Å². The fourth-order valence-corrected chi connectivity index (χ4v) is 6.12. The number of ether oxygens (including phenoxy) is 1. The van der Waals surface area contributed by atoms with Crippen molar-refractivity contribution in [3.63, 3.8) is 0 Å². The van der Waals surface area contributed by atoms with E-state index in [1.54, 1.807) is 4.90 Å². The molecular formula is C27H31N3O5S. The van der Waals surface area contributed by atoms with E-state index in [1.807, 2.05) is 81.4 Å². The molecule has 2 heterocycles. The van der Waals surface area contributed by atoms with Crippen molar-refractivity contribution in [3.05, 3.63) is 66.2 Å². The molecule has 2 aliphatic rings.